The number of aliphatic hydroxyl groups is 1. The van der Waals surface area contributed by atoms with E-state index >= 15 is 0 Å². The van der Waals surface area contributed by atoms with Crippen molar-refractivity contribution in [3.05, 3.63) is 12.7 Å². The summed E-state index contributed by atoms with van der Waals surface area (Å²) < 4.78 is 18.2. The summed E-state index contributed by atoms with van der Waals surface area (Å²) in [5.41, 5.74) is -0.894. The molecule has 0 aromatic heterocycles. The Kier molecular flexibility index (Phi) is 10.0. The molecule has 4 nitrogen and oxygen atoms in total. The van der Waals surface area contributed by atoms with Crippen LogP contribution >= 0.6 is 0 Å². The van der Waals surface area contributed by atoms with Crippen molar-refractivity contribution in [2.45, 2.75) is 104 Å². The lowest BCUT2D eigenvalue weighted by Gasteiger charge is -2.44. The maximum Gasteiger partial charge on any atom is 0.0678 e. The summed E-state index contributed by atoms with van der Waals surface area (Å²) >= 11 is 0. The summed E-state index contributed by atoms with van der Waals surface area (Å²) in [5, 5.41) is 9.18. The molecule has 1 unspecified atom stereocenters. The van der Waals surface area contributed by atoms with Gasteiger partial charge in [-0.1, -0.05) is 19.9 Å². The zero-order valence-electron chi connectivity index (χ0n) is 18.8. The fourth-order valence-corrected chi connectivity index (χ4v) is 2.98. The highest BCUT2D eigenvalue weighted by atomic mass is 16.5. The van der Waals surface area contributed by atoms with E-state index in [1.54, 1.807) is 6.08 Å². The first-order valence-corrected chi connectivity index (χ1v) is 9.85. The SMILES string of the molecule is C=CCOC(C)(C)CCOC(C)(C)C(C)(C)CC(C)OC(C)(C)CCO. The van der Waals surface area contributed by atoms with Gasteiger partial charge in [0.15, 0.2) is 0 Å². The molecule has 0 saturated carbocycles. The van der Waals surface area contributed by atoms with Gasteiger partial charge in [0, 0.05) is 6.61 Å². The Labute approximate surface area is 162 Å². The lowest BCUT2D eigenvalue weighted by atomic mass is 9.73. The summed E-state index contributed by atoms with van der Waals surface area (Å²) in [6.07, 6.45) is 4.20. The topological polar surface area (TPSA) is 47.9 Å². The zero-order valence-corrected chi connectivity index (χ0v) is 18.8. The Morgan fingerprint density at radius 1 is 0.923 bits per heavy atom. The van der Waals surface area contributed by atoms with Crippen molar-refractivity contribution in [1.82, 2.24) is 0 Å². The van der Waals surface area contributed by atoms with Crippen molar-refractivity contribution < 1.29 is 19.3 Å². The number of ether oxygens (including phenoxy) is 3. The van der Waals surface area contributed by atoms with Crippen molar-refractivity contribution in [2.75, 3.05) is 19.8 Å². The minimum Gasteiger partial charge on any atom is -0.396 e. The first-order chi connectivity index (χ1) is 11.7. The van der Waals surface area contributed by atoms with E-state index in [0.29, 0.717) is 19.6 Å². The van der Waals surface area contributed by atoms with Gasteiger partial charge in [-0.2, -0.15) is 0 Å². The number of hydrogen-bond donors (Lipinski definition) is 1. The van der Waals surface area contributed by atoms with E-state index in [-0.39, 0.29) is 34.9 Å². The molecular formula is C22H44O4. The second-order valence-electron chi connectivity index (χ2n) is 9.72. The van der Waals surface area contributed by atoms with E-state index in [4.69, 9.17) is 14.2 Å². The molecule has 26 heavy (non-hydrogen) atoms. The second-order valence-corrected chi connectivity index (χ2v) is 9.72. The largest absolute Gasteiger partial charge is 0.396 e. The zero-order chi connectivity index (χ0) is 20.6. The van der Waals surface area contributed by atoms with Crippen molar-refractivity contribution in [1.29, 1.82) is 0 Å². The van der Waals surface area contributed by atoms with Gasteiger partial charge in [0.05, 0.1) is 36.1 Å². The molecule has 0 spiro atoms. The molecule has 0 fully saturated rings. The molecule has 0 aliphatic heterocycles. The van der Waals surface area contributed by atoms with Crippen LogP contribution in [0.5, 0.6) is 0 Å². The average Bonchev–Trinajstić information content (AvgIpc) is 2.42. The van der Waals surface area contributed by atoms with Crippen LogP contribution in [-0.4, -0.2) is 47.8 Å². The Bertz CT molecular complexity index is 410. The molecule has 156 valence electrons. The third kappa shape index (κ3) is 9.50. The van der Waals surface area contributed by atoms with Gasteiger partial charge in [-0.05, 0) is 73.1 Å². The van der Waals surface area contributed by atoms with Gasteiger partial charge < -0.3 is 19.3 Å². The van der Waals surface area contributed by atoms with Gasteiger partial charge in [-0.25, -0.2) is 0 Å². The highest BCUT2D eigenvalue weighted by Gasteiger charge is 2.40. The van der Waals surface area contributed by atoms with Crippen molar-refractivity contribution in [2.24, 2.45) is 5.41 Å². The quantitative estimate of drug-likeness (QED) is 0.429. The molecule has 1 atom stereocenters. The van der Waals surface area contributed by atoms with E-state index in [0.717, 1.165) is 12.8 Å². The van der Waals surface area contributed by atoms with Gasteiger partial charge in [0.25, 0.3) is 0 Å². The molecule has 4 heteroatoms. The summed E-state index contributed by atoms with van der Waals surface area (Å²) in [7, 11) is 0. The number of aliphatic hydroxyl groups excluding tert-OH is 1. The second kappa shape index (κ2) is 10.2. The Balaban J connectivity index is 4.65. The maximum absolute atomic E-state index is 9.18. The van der Waals surface area contributed by atoms with Crippen molar-refractivity contribution >= 4 is 0 Å². The predicted octanol–water partition coefficient (Wildman–Crippen LogP) is 5.14. The van der Waals surface area contributed by atoms with Crippen LogP contribution < -0.4 is 0 Å². The fourth-order valence-electron chi connectivity index (χ4n) is 2.98. The van der Waals surface area contributed by atoms with Crippen molar-refractivity contribution in [3.63, 3.8) is 0 Å². The van der Waals surface area contributed by atoms with Gasteiger partial charge >= 0.3 is 0 Å². The maximum atomic E-state index is 9.18. The lowest BCUT2D eigenvalue weighted by Crippen LogP contribution is -2.45. The van der Waals surface area contributed by atoms with Crippen LogP contribution in [0.2, 0.25) is 0 Å². The summed E-state index contributed by atoms with van der Waals surface area (Å²) in [5.74, 6) is 0. The van der Waals surface area contributed by atoms with E-state index < -0.39 is 0 Å². The standard InChI is InChI=1S/C22H44O4/c1-11-15-24-20(5,6)13-16-25-22(9,10)19(3,4)17-18(2)26-21(7,8)12-14-23/h11,18,23H,1,12-17H2,2-10H3. The molecule has 0 aromatic rings. The molecular weight excluding hydrogens is 328 g/mol. The van der Waals surface area contributed by atoms with Crippen molar-refractivity contribution in [3.8, 4) is 0 Å². The molecule has 0 aliphatic carbocycles. The van der Waals surface area contributed by atoms with Crippen LogP contribution in [0, 0.1) is 5.41 Å². The van der Waals surface area contributed by atoms with Crippen LogP contribution in [0.15, 0.2) is 12.7 Å². The van der Waals surface area contributed by atoms with Gasteiger partial charge in [0.2, 0.25) is 0 Å². The van der Waals surface area contributed by atoms with Crippen LogP contribution in [0.1, 0.15) is 81.6 Å². The Hall–Kier alpha value is -0.420. The number of rotatable bonds is 14. The molecule has 0 heterocycles. The summed E-state index contributed by atoms with van der Waals surface area (Å²) in [6.45, 7) is 24.1. The molecule has 0 amide bonds. The first-order valence-electron chi connectivity index (χ1n) is 9.85. The van der Waals surface area contributed by atoms with Gasteiger partial charge in [-0.3, -0.25) is 0 Å². The average molecular weight is 373 g/mol. The molecule has 0 aliphatic rings. The van der Waals surface area contributed by atoms with E-state index in [1.807, 2.05) is 13.8 Å². The van der Waals surface area contributed by atoms with E-state index in [1.165, 1.54) is 0 Å². The molecule has 0 bridgehead atoms. The molecule has 0 saturated heterocycles. The summed E-state index contributed by atoms with van der Waals surface area (Å²) in [6, 6.07) is 0. The van der Waals surface area contributed by atoms with Crippen LogP contribution in [0.3, 0.4) is 0 Å². The van der Waals surface area contributed by atoms with Gasteiger partial charge in [-0.15, -0.1) is 6.58 Å². The van der Waals surface area contributed by atoms with E-state index in [2.05, 4.69) is 55.0 Å². The third-order valence-corrected chi connectivity index (χ3v) is 5.42. The monoisotopic (exact) mass is 372 g/mol. The van der Waals surface area contributed by atoms with Crippen LogP contribution in [0.4, 0.5) is 0 Å². The molecule has 0 radical (unpaired) electrons. The minimum absolute atomic E-state index is 0.0617. The molecule has 0 rings (SSSR count). The highest BCUT2D eigenvalue weighted by Crippen LogP contribution is 2.39. The molecule has 0 aromatic carbocycles. The van der Waals surface area contributed by atoms with Crippen LogP contribution in [0.25, 0.3) is 0 Å². The van der Waals surface area contributed by atoms with Crippen LogP contribution in [-0.2, 0) is 14.2 Å². The smallest absolute Gasteiger partial charge is 0.0678 e. The normalized spacial score (nSPS) is 15.2. The van der Waals surface area contributed by atoms with E-state index in [9.17, 15) is 5.11 Å². The third-order valence-electron chi connectivity index (χ3n) is 5.42. The predicted molar refractivity (Wildman–Crippen MR) is 110 cm³/mol. The lowest BCUT2D eigenvalue weighted by molar-refractivity contribution is -0.144. The fraction of sp³-hybridized carbons (Fsp3) is 0.909. The molecule has 1 N–H and O–H groups in total. The highest BCUT2D eigenvalue weighted by molar-refractivity contribution is 4.90. The first kappa shape index (κ1) is 25.6. The Morgan fingerprint density at radius 2 is 1.50 bits per heavy atom. The van der Waals surface area contributed by atoms with Gasteiger partial charge in [0.1, 0.15) is 0 Å². The Morgan fingerprint density at radius 3 is 2.00 bits per heavy atom. The minimum atomic E-state index is -0.318. The summed E-state index contributed by atoms with van der Waals surface area (Å²) in [4.78, 5) is 0. The number of hydrogen-bond acceptors (Lipinski definition) is 4.